The Morgan fingerprint density at radius 1 is 1.33 bits per heavy atom. The van der Waals surface area contributed by atoms with Crippen molar-refractivity contribution in [3.63, 3.8) is 0 Å². The summed E-state index contributed by atoms with van der Waals surface area (Å²) in [6, 6.07) is 4.11. The molecule has 0 bridgehead atoms. The predicted octanol–water partition coefficient (Wildman–Crippen LogP) is 1.80. The molecule has 1 aliphatic rings. The summed E-state index contributed by atoms with van der Waals surface area (Å²) in [7, 11) is -3.12. The van der Waals surface area contributed by atoms with Gasteiger partial charge in [-0.1, -0.05) is 0 Å². The molecule has 3 rings (SSSR count). The Morgan fingerprint density at radius 2 is 2.12 bits per heavy atom. The van der Waals surface area contributed by atoms with Gasteiger partial charge in [0.25, 0.3) is 0 Å². The van der Waals surface area contributed by atoms with Crippen molar-refractivity contribution in [1.82, 2.24) is 14.6 Å². The maximum Gasteiger partial charge on any atom is 0.208 e. The lowest BCUT2D eigenvalue weighted by atomic mass is 10.3. The van der Waals surface area contributed by atoms with Crippen molar-refractivity contribution in [2.75, 3.05) is 39.1 Å². The maximum absolute atomic E-state index is 11.1. The standard InChI is InChI=1S/C15H21N3O3S3/c1-24(19,20)16-5-4-12-2-3-14(23-12)13-11-22-15(17-13)10-18-6-8-21-9-7-18/h2-3,11,16H,4-10H2,1H3. The summed E-state index contributed by atoms with van der Waals surface area (Å²) in [6.45, 7) is 4.83. The zero-order chi connectivity index (χ0) is 17.0. The third-order valence-electron chi connectivity index (χ3n) is 3.66. The number of nitrogens with one attached hydrogen (secondary N) is 1. The van der Waals surface area contributed by atoms with Crippen LogP contribution in [0.25, 0.3) is 10.6 Å². The van der Waals surface area contributed by atoms with Gasteiger partial charge in [0.1, 0.15) is 5.01 Å². The minimum absolute atomic E-state index is 0.429. The Kier molecular flexibility index (Phi) is 6.01. The summed E-state index contributed by atoms with van der Waals surface area (Å²) < 4.78 is 30.1. The van der Waals surface area contributed by atoms with Crippen LogP contribution in [-0.2, 0) is 27.7 Å². The number of morpholine rings is 1. The van der Waals surface area contributed by atoms with Crippen molar-refractivity contribution in [3.8, 4) is 10.6 Å². The lowest BCUT2D eigenvalue weighted by molar-refractivity contribution is 0.0342. The van der Waals surface area contributed by atoms with Gasteiger partial charge in [-0.2, -0.15) is 0 Å². The molecule has 0 atom stereocenters. The molecule has 132 valence electrons. The summed E-state index contributed by atoms with van der Waals surface area (Å²) >= 11 is 3.36. The van der Waals surface area contributed by atoms with Crippen LogP contribution in [0, 0.1) is 0 Å². The minimum atomic E-state index is -3.12. The van der Waals surface area contributed by atoms with E-state index in [0.717, 1.165) is 53.3 Å². The van der Waals surface area contributed by atoms with Crippen LogP contribution in [0.1, 0.15) is 9.88 Å². The molecular weight excluding hydrogens is 366 g/mol. The van der Waals surface area contributed by atoms with Gasteiger partial charge >= 0.3 is 0 Å². The first-order chi connectivity index (χ1) is 11.5. The molecule has 9 heteroatoms. The molecule has 1 N–H and O–H groups in total. The number of aromatic nitrogens is 1. The van der Waals surface area contributed by atoms with Gasteiger partial charge in [-0.15, -0.1) is 22.7 Å². The highest BCUT2D eigenvalue weighted by atomic mass is 32.2. The number of thiazole rings is 1. The molecule has 24 heavy (non-hydrogen) atoms. The molecule has 0 aliphatic carbocycles. The molecule has 0 unspecified atom stereocenters. The van der Waals surface area contributed by atoms with E-state index in [9.17, 15) is 8.42 Å². The fraction of sp³-hybridized carbons (Fsp3) is 0.533. The molecular formula is C15H21N3O3S3. The first-order valence-corrected chi connectivity index (χ1v) is 11.4. The monoisotopic (exact) mass is 387 g/mol. The Balaban J connectivity index is 1.57. The van der Waals surface area contributed by atoms with Crippen LogP contribution in [0.2, 0.25) is 0 Å². The Labute approximate surface area is 150 Å². The second kappa shape index (κ2) is 8.03. The second-order valence-corrected chi connectivity index (χ2v) is 9.64. The minimum Gasteiger partial charge on any atom is -0.379 e. The summed E-state index contributed by atoms with van der Waals surface area (Å²) in [4.78, 5) is 9.40. The molecule has 2 aromatic heterocycles. The van der Waals surface area contributed by atoms with Gasteiger partial charge in [0.05, 0.1) is 36.6 Å². The van der Waals surface area contributed by atoms with Gasteiger partial charge in [-0.05, 0) is 18.6 Å². The molecule has 1 aliphatic heterocycles. The molecule has 0 saturated carbocycles. The molecule has 0 aromatic carbocycles. The molecule has 0 radical (unpaired) electrons. The SMILES string of the molecule is CS(=O)(=O)NCCc1ccc(-c2csc(CN3CCOCC3)n2)s1. The molecule has 3 heterocycles. The van der Waals surface area contributed by atoms with Crippen molar-refractivity contribution in [3.05, 3.63) is 27.4 Å². The molecule has 1 saturated heterocycles. The number of hydrogen-bond acceptors (Lipinski definition) is 7. The fourth-order valence-corrected chi connectivity index (χ4v) is 4.81. The summed E-state index contributed by atoms with van der Waals surface area (Å²) in [6.07, 6.45) is 1.88. The smallest absolute Gasteiger partial charge is 0.208 e. The number of sulfonamides is 1. The van der Waals surface area contributed by atoms with Crippen LogP contribution >= 0.6 is 22.7 Å². The highest BCUT2D eigenvalue weighted by Gasteiger charge is 2.14. The largest absolute Gasteiger partial charge is 0.379 e. The number of nitrogens with zero attached hydrogens (tertiary/aromatic N) is 2. The van der Waals surface area contributed by atoms with Crippen LogP contribution in [0.15, 0.2) is 17.5 Å². The highest BCUT2D eigenvalue weighted by Crippen LogP contribution is 2.29. The van der Waals surface area contributed by atoms with E-state index in [0.29, 0.717) is 13.0 Å². The van der Waals surface area contributed by atoms with E-state index in [4.69, 9.17) is 9.72 Å². The molecule has 1 fully saturated rings. The first-order valence-electron chi connectivity index (χ1n) is 7.78. The van der Waals surface area contributed by atoms with Gasteiger partial charge in [0.15, 0.2) is 0 Å². The average Bonchev–Trinajstić information content (AvgIpc) is 3.16. The van der Waals surface area contributed by atoms with Gasteiger partial charge in [0.2, 0.25) is 10.0 Å². The van der Waals surface area contributed by atoms with Gasteiger partial charge in [-0.25, -0.2) is 18.1 Å². The maximum atomic E-state index is 11.1. The topological polar surface area (TPSA) is 71.5 Å². The van der Waals surface area contributed by atoms with Crippen LogP contribution < -0.4 is 4.72 Å². The van der Waals surface area contributed by atoms with E-state index in [1.807, 2.05) is 6.07 Å². The predicted molar refractivity (Wildman–Crippen MR) is 98.1 cm³/mol. The Morgan fingerprint density at radius 3 is 2.88 bits per heavy atom. The quantitative estimate of drug-likeness (QED) is 0.784. The van der Waals surface area contributed by atoms with Gasteiger partial charge < -0.3 is 4.74 Å². The van der Waals surface area contributed by atoms with Gasteiger partial charge in [0, 0.05) is 29.9 Å². The third kappa shape index (κ3) is 5.33. The second-order valence-electron chi connectivity index (χ2n) is 5.70. The highest BCUT2D eigenvalue weighted by molar-refractivity contribution is 7.88. The van der Waals surface area contributed by atoms with E-state index in [2.05, 4.69) is 21.1 Å². The molecule has 0 spiro atoms. The lowest BCUT2D eigenvalue weighted by Gasteiger charge is -2.25. The van der Waals surface area contributed by atoms with Crippen LogP contribution in [-0.4, -0.2) is 57.4 Å². The van der Waals surface area contributed by atoms with Crippen molar-refractivity contribution in [2.45, 2.75) is 13.0 Å². The zero-order valence-corrected chi connectivity index (χ0v) is 16.0. The number of ether oxygens (including phenoxy) is 1. The zero-order valence-electron chi connectivity index (χ0n) is 13.5. The Bertz CT molecular complexity index is 764. The van der Waals surface area contributed by atoms with Gasteiger partial charge in [-0.3, -0.25) is 4.90 Å². The van der Waals surface area contributed by atoms with Crippen LogP contribution in [0.3, 0.4) is 0 Å². The summed E-state index contributed by atoms with van der Waals surface area (Å²) in [5.74, 6) is 0. The van der Waals surface area contributed by atoms with Crippen molar-refractivity contribution >= 4 is 32.7 Å². The van der Waals surface area contributed by atoms with E-state index in [1.165, 1.54) is 6.26 Å². The average molecular weight is 388 g/mol. The van der Waals surface area contributed by atoms with Crippen LogP contribution in [0.5, 0.6) is 0 Å². The normalized spacial score (nSPS) is 16.5. The summed E-state index contributed by atoms with van der Waals surface area (Å²) in [5, 5.41) is 3.22. The third-order valence-corrected chi connectivity index (χ3v) is 6.39. The first kappa shape index (κ1) is 18.0. The number of hydrogen-bond donors (Lipinski definition) is 1. The summed E-state index contributed by atoms with van der Waals surface area (Å²) in [5.41, 5.74) is 1.01. The van der Waals surface area contributed by atoms with E-state index >= 15 is 0 Å². The van der Waals surface area contributed by atoms with Crippen LogP contribution in [0.4, 0.5) is 0 Å². The lowest BCUT2D eigenvalue weighted by Crippen LogP contribution is -2.35. The molecule has 2 aromatic rings. The van der Waals surface area contributed by atoms with E-state index < -0.39 is 10.0 Å². The van der Waals surface area contributed by atoms with E-state index in [1.54, 1.807) is 22.7 Å². The van der Waals surface area contributed by atoms with Crippen molar-refractivity contribution in [2.24, 2.45) is 0 Å². The molecule has 0 amide bonds. The molecule has 6 nitrogen and oxygen atoms in total. The van der Waals surface area contributed by atoms with Crippen molar-refractivity contribution < 1.29 is 13.2 Å². The number of rotatable bonds is 7. The van der Waals surface area contributed by atoms with Crippen molar-refractivity contribution in [1.29, 1.82) is 0 Å². The number of thiophene rings is 1. The Hall–Kier alpha value is -0.840. The van der Waals surface area contributed by atoms with E-state index in [-0.39, 0.29) is 0 Å². The fourth-order valence-electron chi connectivity index (χ4n) is 2.46.